The van der Waals surface area contributed by atoms with E-state index in [0.29, 0.717) is 23.9 Å². The van der Waals surface area contributed by atoms with E-state index in [9.17, 15) is 4.79 Å². The standard InChI is InChI=1S/C16H18ClN3O2S/c1-12(22-14-4-2-3-13(17)11-14)15(21)19-6-8-20(9-7-19)16-18-5-10-23-16/h2-5,10-12H,6-9H2,1H3. The van der Waals surface area contributed by atoms with Gasteiger partial charge in [0.15, 0.2) is 11.2 Å². The molecule has 23 heavy (non-hydrogen) atoms. The van der Waals surface area contributed by atoms with Gasteiger partial charge in [-0.3, -0.25) is 4.79 Å². The molecule has 1 aliphatic heterocycles. The number of piperazine rings is 1. The maximum absolute atomic E-state index is 12.5. The van der Waals surface area contributed by atoms with Crippen molar-refractivity contribution >= 4 is 34.0 Å². The number of benzene rings is 1. The van der Waals surface area contributed by atoms with Crippen LogP contribution in [-0.4, -0.2) is 48.1 Å². The first-order valence-corrected chi connectivity index (χ1v) is 8.75. The zero-order valence-electron chi connectivity index (χ0n) is 12.8. The lowest BCUT2D eigenvalue weighted by Crippen LogP contribution is -2.52. The molecule has 1 amide bonds. The summed E-state index contributed by atoms with van der Waals surface area (Å²) in [7, 11) is 0. The number of ether oxygens (including phenoxy) is 1. The Balaban J connectivity index is 1.54. The van der Waals surface area contributed by atoms with Crippen LogP contribution in [0.5, 0.6) is 5.75 Å². The van der Waals surface area contributed by atoms with Gasteiger partial charge in [0.1, 0.15) is 5.75 Å². The molecule has 2 heterocycles. The van der Waals surface area contributed by atoms with Gasteiger partial charge in [-0.15, -0.1) is 11.3 Å². The maximum Gasteiger partial charge on any atom is 0.263 e. The van der Waals surface area contributed by atoms with E-state index in [1.807, 2.05) is 16.3 Å². The molecule has 0 bridgehead atoms. The van der Waals surface area contributed by atoms with Gasteiger partial charge >= 0.3 is 0 Å². The van der Waals surface area contributed by atoms with Gasteiger partial charge in [-0.05, 0) is 25.1 Å². The quantitative estimate of drug-likeness (QED) is 0.849. The molecule has 0 saturated carbocycles. The monoisotopic (exact) mass is 351 g/mol. The van der Waals surface area contributed by atoms with Crippen LogP contribution in [0.2, 0.25) is 5.02 Å². The summed E-state index contributed by atoms with van der Waals surface area (Å²) in [5, 5.41) is 3.58. The maximum atomic E-state index is 12.5. The minimum absolute atomic E-state index is 0.00349. The lowest BCUT2D eigenvalue weighted by atomic mass is 10.2. The summed E-state index contributed by atoms with van der Waals surface area (Å²) in [6, 6.07) is 7.10. The van der Waals surface area contributed by atoms with E-state index in [1.54, 1.807) is 42.7 Å². The van der Waals surface area contributed by atoms with Crippen molar-refractivity contribution < 1.29 is 9.53 Å². The molecule has 0 aliphatic carbocycles. The number of carbonyl (C=O) groups excluding carboxylic acids is 1. The number of amides is 1. The lowest BCUT2D eigenvalue weighted by molar-refractivity contribution is -0.138. The predicted octanol–water partition coefficient (Wildman–Crippen LogP) is 2.91. The van der Waals surface area contributed by atoms with Crippen LogP contribution in [0.25, 0.3) is 0 Å². The SMILES string of the molecule is CC(Oc1cccc(Cl)c1)C(=O)N1CCN(c2nccs2)CC1. The highest BCUT2D eigenvalue weighted by Crippen LogP contribution is 2.21. The minimum atomic E-state index is -0.528. The summed E-state index contributed by atoms with van der Waals surface area (Å²) in [5.41, 5.74) is 0. The number of thiazole rings is 1. The number of rotatable bonds is 4. The molecular weight excluding hydrogens is 334 g/mol. The van der Waals surface area contributed by atoms with E-state index in [1.165, 1.54) is 0 Å². The first-order valence-electron chi connectivity index (χ1n) is 7.49. The third-order valence-electron chi connectivity index (χ3n) is 3.74. The Morgan fingerprint density at radius 3 is 2.78 bits per heavy atom. The normalized spacial score (nSPS) is 16.3. The fourth-order valence-corrected chi connectivity index (χ4v) is 3.42. The molecule has 1 saturated heterocycles. The molecule has 3 rings (SSSR count). The molecule has 5 nitrogen and oxygen atoms in total. The van der Waals surface area contributed by atoms with E-state index >= 15 is 0 Å². The van der Waals surface area contributed by atoms with Crippen LogP contribution in [0.4, 0.5) is 5.13 Å². The second-order valence-corrected chi connectivity index (χ2v) is 6.65. The van der Waals surface area contributed by atoms with Crippen molar-refractivity contribution in [2.75, 3.05) is 31.1 Å². The molecule has 1 aromatic heterocycles. The van der Waals surface area contributed by atoms with Crippen LogP contribution in [0.1, 0.15) is 6.92 Å². The fraction of sp³-hybridized carbons (Fsp3) is 0.375. The molecule has 1 aromatic carbocycles. The molecule has 0 radical (unpaired) electrons. The van der Waals surface area contributed by atoms with E-state index in [2.05, 4.69) is 9.88 Å². The number of nitrogens with zero attached hydrogens (tertiary/aromatic N) is 3. The first-order chi connectivity index (χ1) is 11.1. The smallest absolute Gasteiger partial charge is 0.263 e. The zero-order chi connectivity index (χ0) is 16.2. The van der Waals surface area contributed by atoms with E-state index < -0.39 is 6.10 Å². The van der Waals surface area contributed by atoms with Crippen molar-refractivity contribution in [1.82, 2.24) is 9.88 Å². The molecule has 1 fully saturated rings. The Bertz CT molecular complexity index is 657. The van der Waals surface area contributed by atoms with Crippen LogP contribution in [-0.2, 0) is 4.79 Å². The number of hydrogen-bond acceptors (Lipinski definition) is 5. The second kappa shape index (κ2) is 7.19. The molecule has 1 atom stereocenters. The summed E-state index contributed by atoms with van der Waals surface area (Å²) in [6.07, 6.45) is 1.28. The molecule has 0 N–H and O–H groups in total. The van der Waals surface area contributed by atoms with Crippen LogP contribution in [0, 0.1) is 0 Å². The largest absolute Gasteiger partial charge is 0.481 e. The number of halogens is 1. The number of anilines is 1. The highest BCUT2D eigenvalue weighted by atomic mass is 35.5. The Kier molecular flexibility index (Phi) is 5.03. The Morgan fingerprint density at radius 1 is 1.35 bits per heavy atom. The fourth-order valence-electron chi connectivity index (χ4n) is 2.54. The summed E-state index contributed by atoms with van der Waals surface area (Å²) in [6.45, 7) is 4.73. The topological polar surface area (TPSA) is 45.7 Å². The van der Waals surface area contributed by atoms with Gasteiger partial charge in [0.2, 0.25) is 0 Å². The molecular formula is C16H18ClN3O2S. The van der Waals surface area contributed by atoms with Gasteiger partial charge in [0.05, 0.1) is 0 Å². The Labute approximate surface area is 144 Å². The summed E-state index contributed by atoms with van der Waals surface area (Å²) in [5.74, 6) is 0.614. The van der Waals surface area contributed by atoms with Gasteiger partial charge < -0.3 is 14.5 Å². The molecule has 7 heteroatoms. The van der Waals surface area contributed by atoms with Crippen molar-refractivity contribution in [1.29, 1.82) is 0 Å². The minimum Gasteiger partial charge on any atom is -0.481 e. The number of carbonyl (C=O) groups is 1. The van der Waals surface area contributed by atoms with Crippen molar-refractivity contribution in [3.63, 3.8) is 0 Å². The van der Waals surface area contributed by atoms with Gasteiger partial charge in [-0.1, -0.05) is 17.7 Å². The molecule has 0 spiro atoms. The Morgan fingerprint density at radius 2 is 2.13 bits per heavy atom. The van der Waals surface area contributed by atoms with Gasteiger partial charge in [-0.2, -0.15) is 0 Å². The molecule has 1 unspecified atom stereocenters. The molecule has 2 aromatic rings. The number of aromatic nitrogens is 1. The zero-order valence-corrected chi connectivity index (χ0v) is 14.4. The average Bonchev–Trinajstić information content (AvgIpc) is 3.09. The van der Waals surface area contributed by atoms with Gasteiger partial charge in [0, 0.05) is 42.8 Å². The molecule has 1 aliphatic rings. The van der Waals surface area contributed by atoms with Crippen LogP contribution in [0.3, 0.4) is 0 Å². The van der Waals surface area contributed by atoms with E-state index in [0.717, 1.165) is 18.2 Å². The lowest BCUT2D eigenvalue weighted by Gasteiger charge is -2.35. The summed E-state index contributed by atoms with van der Waals surface area (Å²) < 4.78 is 5.71. The van der Waals surface area contributed by atoms with E-state index in [-0.39, 0.29) is 5.91 Å². The highest BCUT2D eigenvalue weighted by molar-refractivity contribution is 7.13. The van der Waals surface area contributed by atoms with Crippen LogP contribution >= 0.6 is 22.9 Å². The molecule has 122 valence electrons. The third kappa shape index (κ3) is 3.95. The number of hydrogen-bond donors (Lipinski definition) is 0. The van der Waals surface area contributed by atoms with Crippen LogP contribution < -0.4 is 9.64 Å². The summed E-state index contributed by atoms with van der Waals surface area (Å²) in [4.78, 5) is 20.9. The van der Waals surface area contributed by atoms with Crippen molar-refractivity contribution in [2.24, 2.45) is 0 Å². The van der Waals surface area contributed by atoms with Gasteiger partial charge in [0.25, 0.3) is 5.91 Å². The van der Waals surface area contributed by atoms with Crippen molar-refractivity contribution in [3.05, 3.63) is 40.9 Å². The first kappa shape index (κ1) is 16.1. The predicted molar refractivity (Wildman–Crippen MR) is 92.4 cm³/mol. The second-order valence-electron chi connectivity index (χ2n) is 5.34. The van der Waals surface area contributed by atoms with Gasteiger partial charge in [-0.25, -0.2) is 4.98 Å². The van der Waals surface area contributed by atoms with E-state index in [4.69, 9.17) is 16.3 Å². The van der Waals surface area contributed by atoms with Crippen molar-refractivity contribution in [2.45, 2.75) is 13.0 Å². The Hall–Kier alpha value is -1.79. The highest BCUT2D eigenvalue weighted by Gasteiger charge is 2.26. The third-order valence-corrected chi connectivity index (χ3v) is 4.81. The van der Waals surface area contributed by atoms with Crippen molar-refractivity contribution in [3.8, 4) is 5.75 Å². The average molecular weight is 352 g/mol. The van der Waals surface area contributed by atoms with Crippen LogP contribution in [0.15, 0.2) is 35.8 Å². The summed E-state index contributed by atoms with van der Waals surface area (Å²) >= 11 is 7.56.